The number of hydrogen-bond acceptors (Lipinski definition) is 2. The van der Waals surface area contributed by atoms with Gasteiger partial charge in [-0.05, 0) is 69.3 Å². The first-order chi connectivity index (χ1) is 23.3. The molecule has 230 valence electrons. The molecule has 0 atom stereocenters. The zero-order valence-electron chi connectivity index (χ0n) is 27.6. The molecule has 2 heteroatoms. The molecule has 48 heavy (non-hydrogen) atoms. The summed E-state index contributed by atoms with van der Waals surface area (Å²) in [6, 6.07) is 52.5. The lowest BCUT2D eigenvalue weighted by Crippen LogP contribution is -2.16. The number of rotatable bonds is 3. The van der Waals surface area contributed by atoms with Gasteiger partial charge in [-0.1, -0.05) is 137 Å². The molecule has 0 N–H and O–H groups in total. The lowest BCUT2D eigenvalue weighted by atomic mass is 9.82. The van der Waals surface area contributed by atoms with Crippen LogP contribution >= 0.6 is 11.3 Å². The first-order valence-corrected chi connectivity index (χ1v) is 17.8. The van der Waals surface area contributed by atoms with Gasteiger partial charge in [-0.2, -0.15) is 0 Å². The molecule has 0 radical (unpaired) electrons. The van der Waals surface area contributed by atoms with Crippen LogP contribution in [-0.4, -0.2) is 0 Å². The maximum Gasteiger partial charge on any atom is 0.0543 e. The molecule has 0 spiro atoms. The molecule has 0 saturated heterocycles. The molecule has 0 fully saturated rings. The molecule has 1 aromatic heterocycles. The topological polar surface area (TPSA) is 3.24 Å². The fourth-order valence-corrected chi connectivity index (χ4v) is 10.1. The van der Waals surface area contributed by atoms with Crippen molar-refractivity contribution >= 4 is 59.3 Å². The van der Waals surface area contributed by atoms with Gasteiger partial charge < -0.3 is 4.90 Å². The first-order valence-electron chi connectivity index (χ1n) is 16.9. The monoisotopic (exact) mass is 633 g/mol. The Morgan fingerprint density at radius 3 is 1.88 bits per heavy atom. The normalized spacial score (nSPS) is 15.0. The van der Waals surface area contributed by atoms with Crippen molar-refractivity contribution in [2.75, 3.05) is 4.90 Å². The van der Waals surface area contributed by atoms with Crippen molar-refractivity contribution in [1.82, 2.24) is 0 Å². The van der Waals surface area contributed by atoms with Crippen LogP contribution in [-0.2, 0) is 10.8 Å². The molecule has 1 nitrogen and oxygen atoms in total. The molecule has 0 saturated carbocycles. The van der Waals surface area contributed by atoms with Gasteiger partial charge >= 0.3 is 0 Å². The van der Waals surface area contributed by atoms with Gasteiger partial charge in [0.1, 0.15) is 0 Å². The van der Waals surface area contributed by atoms with Crippen LogP contribution in [0, 0.1) is 0 Å². The minimum absolute atomic E-state index is 0.0432. The van der Waals surface area contributed by atoms with E-state index >= 15 is 0 Å². The average Bonchev–Trinajstić information content (AvgIpc) is 3.69. The van der Waals surface area contributed by atoms with Crippen LogP contribution < -0.4 is 4.90 Å². The van der Waals surface area contributed by atoms with E-state index in [1.165, 1.54) is 92.5 Å². The van der Waals surface area contributed by atoms with Gasteiger partial charge in [-0.25, -0.2) is 0 Å². The molecular formula is C46H35NS. The Bertz CT molecular complexity index is 2630. The van der Waals surface area contributed by atoms with Crippen LogP contribution in [0.3, 0.4) is 0 Å². The third-order valence-electron chi connectivity index (χ3n) is 11.3. The summed E-state index contributed by atoms with van der Waals surface area (Å²) in [5.74, 6) is 0. The Kier molecular flexibility index (Phi) is 5.63. The third kappa shape index (κ3) is 3.61. The fraction of sp³-hybridized carbons (Fsp3) is 0.130. The van der Waals surface area contributed by atoms with E-state index in [9.17, 15) is 0 Å². The smallest absolute Gasteiger partial charge is 0.0543 e. The zero-order valence-corrected chi connectivity index (χ0v) is 28.5. The van der Waals surface area contributed by atoms with Gasteiger partial charge in [0.2, 0.25) is 0 Å². The molecular weight excluding hydrogens is 599 g/mol. The van der Waals surface area contributed by atoms with Crippen LogP contribution in [0.2, 0.25) is 0 Å². The highest BCUT2D eigenvalue weighted by molar-refractivity contribution is 7.26. The second kappa shape index (κ2) is 9.69. The molecule has 0 unspecified atom stereocenters. The van der Waals surface area contributed by atoms with E-state index in [1.54, 1.807) is 0 Å². The van der Waals surface area contributed by atoms with Gasteiger partial charge in [-0.3, -0.25) is 0 Å². The second-order valence-electron chi connectivity index (χ2n) is 14.5. The largest absolute Gasteiger partial charge is 0.309 e. The summed E-state index contributed by atoms with van der Waals surface area (Å²) in [5.41, 5.74) is 14.4. The maximum atomic E-state index is 2.55. The summed E-state index contributed by atoms with van der Waals surface area (Å²) in [7, 11) is 0. The molecule has 7 aromatic carbocycles. The first kappa shape index (κ1) is 27.9. The van der Waals surface area contributed by atoms with Gasteiger partial charge in [0.05, 0.1) is 11.4 Å². The SMILES string of the molecule is CC1(C)c2ccccc2-c2cc(N(c3cccc4c3-c3ccccc3C4(C)C)c3cccc4c3ccc3c5ccccc5sc43)ccc21. The highest BCUT2D eigenvalue weighted by Crippen LogP contribution is 2.56. The van der Waals surface area contributed by atoms with Crippen LogP contribution in [0.15, 0.2) is 140 Å². The molecule has 0 amide bonds. The predicted octanol–water partition coefficient (Wildman–Crippen LogP) is 13.3. The molecule has 2 aliphatic rings. The highest BCUT2D eigenvalue weighted by atomic mass is 32.1. The summed E-state index contributed by atoms with van der Waals surface area (Å²) in [4.78, 5) is 2.55. The van der Waals surface area contributed by atoms with E-state index < -0.39 is 0 Å². The summed E-state index contributed by atoms with van der Waals surface area (Å²) in [6.45, 7) is 9.46. The van der Waals surface area contributed by atoms with E-state index in [2.05, 4.69) is 172 Å². The zero-order chi connectivity index (χ0) is 32.4. The van der Waals surface area contributed by atoms with Gasteiger partial charge in [0.15, 0.2) is 0 Å². The second-order valence-corrected chi connectivity index (χ2v) is 15.6. The number of thiophene rings is 1. The van der Waals surface area contributed by atoms with Crippen molar-refractivity contribution in [2.24, 2.45) is 0 Å². The van der Waals surface area contributed by atoms with E-state index in [0.717, 1.165) is 0 Å². The van der Waals surface area contributed by atoms with Crippen molar-refractivity contribution < 1.29 is 0 Å². The van der Waals surface area contributed by atoms with E-state index in [1.807, 2.05) is 11.3 Å². The number of anilines is 3. The van der Waals surface area contributed by atoms with Crippen molar-refractivity contribution in [1.29, 1.82) is 0 Å². The summed E-state index contributed by atoms with van der Waals surface area (Å²) < 4.78 is 2.69. The number of hydrogen-bond donors (Lipinski definition) is 0. The van der Waals surface area contributed by atoms with Gasteiger partial charge in [0.25, 0.3) is 0 Å². The Balaban J connectivity index is 1.29. The summed E-state index contributed by atoms with van der Waals surface area (Å²) >= 11 is 1.90. The number of nitrogens with zero attached hydrogens (tertiary/aromatic N) is 1. The van der Waals surface area contributed by atoms with Crippen LogP contribution in [0.25, 0.3) is 53.2 Å². The maximum absolute atomic E-state index is 2.55. The van der Waals surface area contributed by atoms with Crippen molar-refractivity contribution in [2.45, 2.75) is 38.5 Å². The molecule has 1 heterocycles. The number of fused-ring (bicyclic) bond motifs is 11. The van der Waals surface area contributed by atoms with Gasteiger partial charge in [0, 0.05) is 53.0 Å². The number of benzene rings is 7. The van der Waals surface area contributed by atoms with Crippen LogP contribution in [0.5, 0.6) is 0 Å². The van der Waals surface area contributed by atoms with E-state index in [0.29, 0.717) is 0 Å². The Hall–Kier alpha value is -5.18. The lowest BCUT2D eigenvalue weighted by molar-refractivity contribution is 0.660. The van der Waals surface area contributed by atoms with Crippen molar-refractivity contribution in [3.8, 4) is 22.3 Å². The Labute approximate surface area is 285 Å². The fourth-order valence-electron chi connectivity index (χ4n) is 8.90. The predicted molar refractivity (Wildman–Crippen MR) is 207 cm³/mol. The Morgan fingerprint density at radius 1 is 0.438 bits per heavy atom. The molecule has 0 bridgehead atoms. The molecule has 10 rings (SSSR count). The van der Waals surface area contributed by atoms with E-state index in [-0.39, 0.29) is 10.8 Å². The van der Waals surface area contributed by atoms with Crippen LogP contribution in [0.4, 0.5) is 17.1 Å². The summed E-state index contributed by atoms with van der Waals surface area (Å²) in [6.07, 6.45) is 0. The molecule has 8 aromatic rings. The molecule has 2 aliphatic carbocycles. The lowest BCUT2D eigenvalue weighted by Gasteiger charge is -2.30. The van der Waals surface area contributed by atoms with Crippen LogP contribution in [0.1, 0.15) is 49.9 Å². The average molecular weight is 634 g/mol. The standard InChI is InChI=1S/C46H35NS/c1-45(2)36-17-8-5-13-29(36)35-27-28(23-26-38(35)45)47(41-21-12-19-39-43(41)34-15-6-9-18-37(34)46(39,3)4)40-20-11-16-32-30(40)24-25-33-31-14-7-10-22-42(31)48-44(32)33/h5-27H,1-4H3. The Morgan fingerprint density at radius 2 is 1.02 bits per heavy atom. The quantitative estimate of drug-likeness (QED) is 0.187. The minimum Gasteiger partial charge on any atom is -0.309 e. The van der Waals surface area contributed by atoms with Crippen molar-refractivity contribution in [3.63, 3.8) is 0 Å². The minimum atomic E-state index is -0.0868. The highest BCUT2D eigenvalue weighted by Gasteiger charge is 2.39. The van der Waals surface area contributed by atoms with E-state index in [4.69, 9.17) is 0 Å². The third-order valence-corrected chi connectivity index (χ3v) is 12.5. The van der Waals surface area contributed by atoms with Gasteiger partial charge in [-0.15, -0.1) is 11.3 Å². The summed E-state index contributed by atoms with van der Waals surface area (Å²) in [5, 5.41) is 5.24. The molecule has 0 aliphatic heterocycles. The van der Waals surface area contributed by atoms with Crippen molar-refractivity contribution in [3.05, 3.63) is 162 Å².